The first-order valence-corrected chi connectivity index (χ1v) is 12.2. The highest BCUT2D eigenvalue weighted by molar-refractivity contribution is 7.88. The van der Waals surface area contributed by atoms with Crippen molar-refractivity contribution in [3.63, 3.8) is 0 Å². The summed E-state index contributed by atoms with van der Waals surface area (Å²) < 4.78 is 30.0. The molecule has 0 unspecified atom stereocenters. The Kier molecular flexibility index (Phi) is 9.22. The molecular formula is C23H31N3O5S. The molecule has 0 heterocycles. The van der Waals surface area contributed by atoms with Gasteiger partial charge in [0.2, 0.25) is 21.8 Å². The molecule has 2 amide bonds. The number of carbonyl (C=O) groups excluding carboxylic acids is 2. The summed E-state index contributed by atoms with van der Waals surface area (Å²) in [7, 11) is -0.664. The van der Waals surface area contributed by atoms with E-state index in [1.807, 2.05) is 25.1 Å². The SMILES string of the molecule is CCCNC(=O)[C@@H](c1ccccc1)N(Cc1ccc(OC)cc1)C(=O)CN(C)S(C)(=O)=O. The average Bonchev–Trinajstić information content (AvgIpc) is 2.77. The molecule has 0 bridgehead atoms. The van der Waals surface area contributed by atoms with Crippen molar-refractivity contribution in [3.8, 4) is 5.75 Å². The number of nitrogens with zero attached hydrogens (tertiary/aromatic N) is 2. The maximum Gasteiger partial charge on any atom is 0.247 e. The Morgan fingerprint density at radius 2 is 1.69 bits per heavy atom. The first-order valence-electron chi connectivity index (χ1n) is 10.3. The van der Waals surface area contributed by atoms with E-state index in [0.717, 1.165) is 22.5 Å². The van der Waals surface area contributed by atoms with Gasteiger partial charge in [-0.05, 0) is 29.7 Å². The zero-order valence-electron chi connectivity index (χ0n) is 18.9. The molecule has 1 N–H and O–H groups in total. The van der Waals surface area contributed by atoms with E-state index < -0.39 is 22.0 Å². The van der Waals surface area contributed by atoms with Crippen LogP contribution >= 0.6 is 0 Å². The van der Waals surface area contributed by atoms with Crippen molar-refractivity contribution >= 4 is 21.8 Å². The number of sulfonamides is 1. The molecule has 2 rings (SSSR count). The fourth-order valence-electron chi connectivity index (χ4n) is 3.10. The van der Waals surface area contributed by atoms with Gasteiger partial charge in [-0.3, -0.25) is 9.59 Å². The summed E-state index contributed by atoms with van der Waals surface area (Å²) in [5.74, 6) is -0.125. The standard InChI is InChI=1S/C23H31N3O5S/c1-5-15-24-23(28)22(19-9-7-6-8-10-19)26(21(27)17-25(2)32(4,29)30)16-18-11-13-20(31-3)14-12-18/h6-14,22H,5,15-17H2,1-4H3,(H,24,28)/t22-/m1/s1. The Hall–Kier alpha value is -2.91. The van der Waals surface area contributed by atoms with Gasteiger partial charge in [0.25, 0.3) is 0 Å². The van der Waals surface area contributed by atoms with Crippen molar-refractivity contribution in [2.75, 3.05) is 33.5 Å². The largest absolute Gasteiger partial charge is 0.497 e. The number of likely N-dealkylation sites (N-methyl/N-ethyl adjacent to an activating group) is 1. The van der Waals surface area contributed by atoms with Crippen LogP contribution in [0.3, 0.4) is 0 Å². The van der Waals surface area contributed by atoms with E-state index in [4.69, 9.17) is 4.74 Å². The van der Waals surface area contributed by atoms with Crippen LogP contribution in [0, 0.1) is 0 Å². The van der Waals surface area contributed by atoms with E-state index in [2.05, 4.69) is 5.32 Å². The molecule has 0 aliphatic heterocycles. The minimum Gasteiger partial charge on any atom is -0.497 e. The summed E-state index contributed by atoms with van der Waals surface area (Å²) in [4.78, 5) is 27.9. The summed E-state index contributed by atoms with van der Waals surface area (Å²) in [6, 6.07) is 15.3. The molecule has 2 aromatic rings. The van der Waals surface area contributed by atoms with Gasteiger partial charge in [-0.1, -0.05) is 49.4 Å². The van der Waals surface area contributed by atoms with Crippen LogP contribution in [0.4, 0.5) is 0 Å². The van der Waals surface area contributed by atoms with Gasteiger partial charge in [-0.2, -0.15) is 4.31 Å². The van der Waals surface area contributed by atoms with Crippen LogP contribution in [0.2, 0.25) is 0 Å². The molecular weight excluding hydrogens is 430 g/mol. The maximum atomic E-state index is 13.3. The third-order valence-electron chi connectivity index (χ3n) is 4.98. The highest BCUT2D eigenvalue weighted by Crippen LogP contribution is 2.25. The van der Waals surface area contributed by atoms with Gasteiger partial charge in [-0.15, -0.1) is 0 Å². The number of carbonyl (C=O) groups is 2. The van der Waals surface area contributed by atoms with Crippen LogP contribution in [0.15, 0.2) is 54.6 Å². The Labute approximate surface area is 190 Å². The van der Waals surface area contributed by atoms with Crippen LogP contribution in [-0.2, 0) is 26.2 Å². The molecule has 174 valence electrons. The Morgan fingerprint density at radius 1 is 1.06 bits per heavy atom. The van der Waals surface area contributed by atoms with Crippen molar-refractivity contribution < 1.29 is 22.7 Å². The number of ether oxygens (including phenoxy) is 1. The monoisotopic (exact) mass is 461 g/mol. The zero-order valence-corrected chi connectivity index (χ0v) is 19.8. The normalized spacial score (nSPS) is 12.3. The second-order valence-corrected chi connectivity index (χ2v) is 9.58. The van der Waals surface area contributed by atoms with Crippen LogP contribution in [-0.4, -0.2) is 62.9 Å². The number of rotatable bonds is 11. The molecule has 9 heteroatoms. The lowest BCUT2D eigenvalue weighted by Gasteiger charge is -2.32. The van der Waals surface area contributed by atoms with E-state index in [1.165, 1.54) is 11.9 Å². The average molecular weight is 462 g/mol. The molecule has 0 radical (unpaired) electrons. The van der Waals surface area contributed by atoms with Crippen molar-refractivity contribution in [2.24, 2.45) is 0 Å². The molecule has 2 aromatic carbocycles. The Balaban J connectivity index is 2.47. The third kappa shape index (κ3) is 7.06. The van der Waals surface area contributed by atoms with Crippen molar-refractivity contribution in [3.05, 3.63) is 65.7 Å². The summed E-state index contributed by atoms with van der Waals surface area (Å²) in [5.41, 5.74) is 1.43. The highest BCUT2D eigenvalue weighted by Gasteiger charge is 2.32. The molecule has 0 spiro atoms. The third-order valence-corrected chi connectivity index (χ3v) is 6.24. The first kappa shape index (κ1) is 25.4. The van der Waals surface area contributed by atoms with Gasteiger partial charge in [0.05, 0.1) is 19.9 Å². The summed E-state index contributed by atoms with van der Waals surface area (Å²) in [6.45, 7) is 2.16. The summed E-state index contributed by atoms with van der Waals surface area (Å²) >= 11 is 0. The molecule has 0 fully saturated rings. The minimum atomic E-state index is -3.57. The predicted molar refractivity (Wildman–Crippen MR) is 124 cm³/mol. The Morgan fingerprint density at radius 3 is 2.22 bits per heavy atom. The highest BCUT2D eigenvalue weighted by atomic mass is 32.2. The lowest BCUT2D eigenvalue weighted by Crippen LogP contribution is -2.47. The topological polar surface area (TPSA) is 96.0 Å². The maximum absolute atomic E-state index is 13.3. The number of amides is 2. The van der Waals surface area contributed by atoms with Gasteiger partial charge < -0.3 is 15.0 Å². The van der Waals surface area contributed by atoms with Crippen LogP contribution < -0.4 is 10.1 Å². The quantitative estimate of drug-likeness (QED) is 0.553. The second kappa shape index (κ2) is 11.6. The van der Waals surface area contributed by atoms with E-state index >= 15 is 0 Å². The molecule has 8 nitrogen and oxygen atoms in total. The van der Waals surface area contributed by atoms with Gasteiger partial charge in [0.1, 0.15) is 11.8 Å². The van der Waals surface area contributed by atoms with Crippen molar-refractivity contribution in [2.45, 2.75) is 25.9 Å². The minimum absolute atomic E-state index is 0.125. The Bertz CT molecular complexity index is 994. The fourth-order valence-corrected chi connectivity index (χ4v) is 3.45. The molecule has 32 heavy (non-hydrogen) atoms. The number of methoxy groups -OCH3 is 1. The van der Waals surface area contributed by atoms with Gasteiger partial charge in [-0.25, -0.2) is 8.42 Å². The number of hydrogen-bond donors (Lipinski definition) is 1. The van der Waals surface area contributed by atoms with Crippen LogP contribution in [0.1, 0.15) is 30.5 Å². The van der Waals surface area contributed by atoms with E-state index in [1.54, 1.807) is 43.5 Å². The molecule has 0 aromatic heterocycles. The summed E-state index contributed by atoms with van der Waals surface area (Å²) in [6.07, 6.45) is 1.78. The number of hydrogen-bond acceptors (Lipinski definition) is 5. The summed E-state index contributed by atoms with van der Waals surface area (Å²) in [5, 5.41) is 2.87. The number of benzene rings is 2. The van der Waals surface area contributed by atoms with Crippen LogP contribution in [0.25, 0.3) is 0 Å². The molecule has 1 atom stereocenters. The lowest BCUT2D eigenvalue weighted by molar-refractivity contribution is -0.141. The lowest BCUT2D eigenvalue weighted by atomic mass is 10.0. The molecule has 0 aliphatic rings. The van der Waals surface area contributed by atoms with Gasteiger partial charge in [0.15, 0.2) is 0 Å². The van der Waals surface area contributed by atoms with Gasteiger partial charge in [0, 0.05) is 20.1 Å². The van der Waals surface area contributed by atoms with E-state index in [9.17, 15) is 18.0 Å². The van der Waals surface area contributed by atoms with Crippen molar-refractivity contribution in [1.29, 1.82) is 0 Å². The number of nitrogens with one attached hydrogen (secondary N) is 1. The smallest absolute Gasteiger partial charge is 0.247 e. The van der Waals surface area contributed by atoms with E-state index in [0.29, 0.717) is 17.9 Å². The van der Waals surface area contributed by atoms with Crippen LogP contribution in [0.5, 0.6) is 5.75 Å². The fraction of sp³-hybridized carbons (Fsp3) is 0.391. The second-order valence-electron chi connectivity index (χ2n) is 7.49. The molecule has 0 aliphatic carbocycles. The first-order chi connectivity index (χ1) is 15.2. The van der Waals surface area contributed by atoms with Crippen molar-refractivity contribution in [1.82, 2.24) is 14.5 Å². The predicted octanol–water partition coefficient (Wildman–Crippen LogP) is 2.18. The van der Waals surface area contributed by atoms with E-state index in [-0.39, 0.29) is 19.0 Å². The molecule has 0 saturated heterocycles. The zero-order chi connectivity index (χ0) is 23.7. The molecule has 0 saturated carbocycles. The van der Waals surface area contributed by atoms with Gasteiger partial charge >= 0.3 is 0 Å².